The maximum absolute atomic E-state index is 12.7. The third-order valence-corrected chi connectivity index (χ3v) is 5.38. The van der Waals surface area contributed by atoms with Crippen LogP contribution in [-0.4, -0.2) is 68.2 Å². The number of rotatable bonds is 3. The van der Waals surface area contributed by atoms with E-state index in [0.29, 0.717) is 49.2 Å². The molecule has 134 valence electrons. The van der Waals surface area contributed by atoms with Gasteiger partial charge in [-0.2, -0.15) is 15.4 Å². The number of nitrogens with zero attached hydrogens (tertiary/aromatic N) is 5. The Bertz CT molecular complexity index is 768. The zero-order chi connectivity index (χ0) is 18.0. The number of carbonyl (C=O) groups excluding carboxylic acids is 2. The molecule has 1 fully saturated rings. The van der Waals surface area contributed by atoms with Crippen molar-refractivity contribution >= 4 is 23.2 Å². The van der Waals surface area contributed by atoms with Crippen LogP contribution >= 0.6 is 11.3 Å². The number of aromatic nitrogens is 4. The van der Waals surface area contributed by atoms with Gasteiger partial charge in [0.15, 0.2) is 5.69 Å². The molecule has 1 N–H and O–H groups in total. The summed E-state index contributed by atoms with van der Waals surface area (Å²) in [5.74, 6) is 0.112. The van der Waals surface area contributed by atoms with Crippen LogP contribution in [0.25, 0.3) is 0 Å². The van der Waals surface area contributed by atoms with Crippen molar-refractivity contribution in [1.29, 1.82) is 0 Å². The molecule has 1 aliphatic heterocycles. The summed E-state index contributed by atoms with van der Waals surface area (Å²) in [7, 11) is 0. The Hall–Kier alpha value is -2.29. The van der Waals surface area contributed by atoms with Crippen LogP contribution in [0.4, 0.5) is 0 Å². The van der Waals surface area contributed by atoms with Crippen molar-refractivity contribution in [3.8, 4) is 0 Å². The molecule has 8 nitrogen and oxygen atoms in total. The van der Waals surface area contributed by atoms with E-state index in [4.69, 9.17) is 0 Å². The number of amides is 2. The van der Waals surface area contributed by atoms with Crippen molar-refractivity contribution in [2.75, 3.05) is 26.2 Å². The third kappa shape index (κ3) is 3.71. The minimum atomic E-state index is -0.142. The number of hydrogen-bond donors (Lipinski definition) is 1. The van der Waals surface area contributed by atoms with E-state index in [1.807, 2.05) is 5.38 Å². The first-order valence-electron chi connectivity index (χ1n) is 8.38. The van der Waals surface area contributed by atoms with E-state index in [2.05, 4.69) is 34.2 Å². The molecular formula is C16H22N6O2S. The summed E-state index contributed by atoms with van der Waals surface area (Å²) in [5, 5.41) is 13.1. The fraction of sp³-hybridized carbons (Fsp3) is 0.562. The summed E-state index contributed by atoms with van der Waals surface area (Å²) in [6.45, 7) is 8.08. The van der Waals surface area contributed by atoms with Gasteiger partial charge in [0.1, 0.15) is 5.69 Å². The zero-order valence-electron chi connectivity index (χ0n) is 14.7. The van der Waals surface area contributed by atoms with E-state index in [1.165, 1.54) is 11.3 Å². The Labute approximate surface area is 150 Å². The summed E-state index contributed by atoms with van der Waals surface area (Å²) in [4.78, 5) is 33.2. The summed E-state index contributed by atoms with van der Waals surface area (Å²) < 4.78 is 0. The van der Waals surface area contributed by atoms with Crippen LogP contribution in [0, 0.1) is 6.92 Å². The maximum Gasteiger partial charge on any atom is 0.276 e. The number of hydrogen-bond acceptors (Lipinski definition) is 6. The zero-order valence-corrected chi connectivity index (χ0v) is 15.5. The SMILES string of the molecule is Cc1n[nH]nc1C(=O)N1CCCN(C(=O)c2csc(C(C)C)n2)CC1. The molecule has 2 amide bonds. The predicted molar refractivity (Wildman–Crippen MR) is 93.7 cm³/mol. The van der Waals surface area contributed by atoms with Crippen LogP contribution in [0.2, 0.25) is 0 Å². The van der Waals surface area contributed by atoms with Crippen LogP contribution in [0.1, 0.15) is 57.9 Å². The lowest BCUT2D eigenvalue weighted by Crippen LogP contribution is -2.37. The molecule has 1 aliphatic rings. The molecule has 0 aliphatic carbocycles. The standard InChI is InChI=1S/C16H22N6O2S/c1-10(2)14-17-12(9-25-14)15(23)21-5-4-6-22(8-7-21)16(24)13-11(3)18-20-19-13/h9-10H,4-8H2,1-3H3,(H,18,19,20). The van der Waals surface area contributed by atoms with Crippen molar-refractivity contribution in [2.45, 2.75) is 33.1 Å². The van der Waals surface area contributed by atoms with E-state index in [9.17, 15) is 9.59 Å². The molecule has 0 unspecified atom stereocenters. The number of carbonyl (C=O) groups is 2. The Morgan fingerprint density at radius 3 is 2.36 bits per heavy atom. The topological polar surface area (TPSA) is 95.1 Å². The largest absolute Gasteiger partial charge is 0.335 e. The Kier molecular flexibility index (Phi) is 5.12. The van der Waals surface area contributed by atoms with Gasteiger partial charge in [-0.3, -0.25) is 9.59 Å². The van der Waals surface area contributed by atoms with Crippen molar-refractivity contribution in [2.24, 2.45) is 0 Å². The highest BCUT2D eigenvalue weighted by atomic mass is 32.1. The summed E-state index contributed by atoms with van der Waals surface area (Å²) in [6, 6.07) is 0. The van der Waals surface area contributed by atoms with E-state index in [-0.39, 0.29) is 11.8 Å². The van der Waals surface area contributed by atoms with Crippen molar-refractivity contribution in [1.82, 2.24) is 30.2 Å². The number of nitrogens with one attached hydrogen (secondary N) is 1. The molecule has 3 heterocycles. The quantitative estimate of drug-likeness (QED) is 0.896. The number of thiazole rings is 1. The van der Waals surface area contributed by atoms with Crippen molar-refractivity contribution < 1.29 is 9.59 Å². The van der Waals surface area contributed by atoms with Crippen LogP contribution in [0.5, 0.6) is 0 Å². The summed E-state index contributed by atoms with van der Waals surface area (Å²) in [5.41, 5.74) is 1.44. The maximum atomic E-state index is 12.7. The summed E-state index contributed by atoms with van der Waals surface area (Å²) >= 11 is 1.52. The minimum absolute atomic E-state index is 0.0601. The minimum Gasteiger partial charge on any atom is -0.335 e. The predicted octanol–water partition coefficient (Wildman–Crippen LogP) is 1.68. The second-order valence-electron chi connectivity index (χ2n) is 6.42. The fourth-order valence-corrected chi connectivity index (χ4v) is 3.58. The lowest BCUT2D eigenvalue weighted by atomic mass is 10.2. The van der Waals surface area contributed by atoms with E-state index >= 15 is 0 Å². The van der Waals surface area contributed by atoms with Gasteiger partial charge in [-0.1, -0.05) is 13.8 Å². The molecule has 0 bridgehead atoms. The van der Waals surface area contributed by atoms with E-state index in [0.717, 1.165) is 11.4 Å². The van der Waals surface area contributed by atoms with Crippen LogP contribution in [-0.2, 0) is 0 Å². The molecule has 0 saturated carbocycles. The van der Waals surface area contributed by atoms with Crippen LogP contribution in [0.3, 0.4) is 0 Å². The molecule has 0 aromatic carbocycles. The molecule has 0 radical (unpaired) electrons. The first-order chi connectivity index (χ1) is 12.0. The van der Waals surface area contributed by atoms with Crippen molar-refractivity contribution in [3.63, 3.8) is 0 Å². The third-order valence-electron chi connectivity index (χ3n) is 4.23. The van der Waals surface area contributed by atoms with Gasteiger partial charge in [-0.05, 0) is 13.3 Å². The molecule has 2 aromatic heterocycles. The smallest absolute Gasteiger partial charge is 0.276 e. The lowest BCUT2D eigenvalue weighted by Gasteiger charge is -2.21. The van der Waals surface area contributed by atoms with E-state index < -0.39 is 0 Å². The molecule has 25 heavy (non-hydrogen) atoms. The number of H-pyrrole nitrogens is 1. The van der Waals surface area contributed by atoms with Crippen molar-refractivity contribution in [3.05, 3.63) is 27.5 Å². The second kappa shape index (κ2) is 7.30. The fourth-order valence-electron chi connectivity index (χ4n) is 2.77. The molecule has 0 atom stereocenters. The Morgan fingerprint density at radius 2 is 1.80 bits per heavy atom. The highest BCUT2D eigenvalue weighted by Crippen LogP contribution is 2.20. The highest BCUT2D eigenvalue weighted by molar-refractivity contribution is 7.09. The average Bonchev–Trinajstić information content (AvgIpc) is 3.17. The lowest BCUT2D eigenvalue weighted by molar-refractivity contribution is 0.0712. The molecule has 0 spiro atoms. The van der Waals surface area contributed by atoms with Gasteiger partial charge >= 0.3 is 0 Å². The molecule has 1 saturated heterocycles. The Morgan fingerprint density at radius 1 is 1.12 bits per heavy atom. The highest BCUT2D eigenvalue weighted by Gasteiger charge is 2.26. The number of aromatic amines is 1. The molecule has 9 heteroatoms. The Balaban J connectivity index is 1.65. The van der Waals surface area contributed by atoms with Gasteiger partial charge < -0.3 is 9.80 Å². The van der Waals surface area contributed by atoms with Gasteiger partial charge in [0.25, 0.3) is 11.8 Å². The van der Waals surface area contributed by atoms with Gasteiger partial charge in [-0.15, -0.1) is 11.3 Å². The molecule has 3 rings (SSSR count). The van der Waals surface area contributed by atoms with Crippen LogP contribution in [0.15, 0.2) is 5.38 Å². The molecular weight excluding hydrogens is 340 g/mol. The molecule has 2 aromatic rings. The van der Waals surface area contributed by atoms with Gasteiger partial charge in [0, 0.05) is 37.5 Å². The normalized spacial score (nSPS) is 15.5. The van der Waals surface area contributed by atoms with E-state index in [1.54, 1.807) is 16.7 Å². The monoisotopic (exact) mass is 362 g/mol. The van der Waals surface area contributed by atoms with Crippen LogP contribution < -0.4 is 0 Å². The summed E-state index contributed by atoms with van der Waals surface area (Å²) in [6.07, 6.45) is 0.732. The average molecular weight is 362 g/mol. The van der Waals surface area contributed by atoms with Gasteiger partial charge in [-0.25, -0.2) is 4.98 Å². The van der Waals surface area contributed by atoms with Gasteiger partial charge in [0.2, 0.25) is 0 Å². The number of aryl methyl sites for hydroxylation is 1. The first kappa shape index (κ1) is 17.5. The second-order valence-corrected chi connectivity index (χ2v) is 7.31. The first-order valence-corrected chi connectivity index (χ1v) is 9.26. The van der Waals surface area contributed by atoms with Gasteiger partial charge in [0.05, 0.1) is 10.7 Å².